The van der Waals surface area contributed by atoms with Crippen LogP contribution in [0.3, 0.4) is 0 Å². The summed E-state index contributed by atoms with van der Waals surface area (Å²) in [5, 5.41) is 22.0. The van der Waals surface area contributed by atoms with E-state index in [9.17, 15) is 44.2 Å². The summed E-state index contributed by atoms with van der Waals surface area (Å²) in [6.45, 7) is 11.1. The van der Waals surface area contributed by atoms with E-state index in [2.05, 4.69) is 20.8 Å². The molecule has 0 spiro atoms. The standard InChI is InChI=1S/C37H45N5O12Si/c1-7-55(8-2,9-3)54-23(5)30-31-22(4)29(32(40(31)33(30)43)36(46)52-34(44)24-10-14-26(15-11-24)41(48)49)21-39-19-18-28(20-39)38(6)37(47)53-35(45)25-12-16-27(17-13-25)42(50)51/h10-17,22-23,28,30-31H,7-9,18-21H2,1-6H3/t22-,23+,28-,30+,31+/m0/s1. The Balaban J connectivity index is 1.33. The van der Waals surface area contributed by atoms with Crippen molar-refractivity contribution >= 4 is 49.6 Å². The van der Waals surface area contributed by atoms with E-state index in [0.29, 0.717) is 25.1 Å². The zero-order chi connectivity index (χ0) is 40.4. The Morgan fingerprint density at radius 1 is 0.873 bits per heavy atom. The van der Waals surface area contributed by atoms with Crippen LogP contribution in [0, 0.1) is 32.1 Å². The number of nitro groups is 2. The first-order chi connectivity index (χ1) is 26.1. The fraction of sp³-hybridized carbons (Fsp3) is 0.486. The second-order valence-corrected chi connectivity index (χ2v) is 18.9. The van der Waals surface area contributed by atoms with Gasteiger partial charge in [-0.15, -0.1) is 0 Å². The Bertz CT molecular complexity index is 1890. The minimum atomic E-state index is -2.10. The van der Waals surface area contributed by atoms with Crippen LogP contribution < -0.4 is 0 Å². The van der Waals surface area contributed by atoms with Gasteiger partial charge in [-0.25, -0.2) is 19.2 Å². The molecule has 55 heavy (non-hydrogen) atoms. The fourth-order valence-corrected chi connectivity index (χ4v) is 10.7. The molecule has 0 aromatic heterocycles. The van der Waals surface area contributed by atoms with Gasteiger partial charge in [-0.1, -0.05) is 27.7 Å². The van der Waals surface area contributed by atoms with Gasteiger partial charge in [-0.05, 0) is 61.3 Å². The SMILES string of the molecule is CC[Si](CC)(CC)O[C@H](C)[C@H]1C(=O)N2C(C(=O)OC(=O)c3ccc([N+](=O)[O-])cc3)=C(CN3CC[C@H](N(C)C(=O)OC(=O)c4ccc([N+](=O)[O-])cc4)C3)[C@H](C)[C@H]12. The number of nitro benzene ring substituents is 2. The number of fused-ring (bicyclic) bond motifs is 1. The van der Waals surface area contributed by atoms with E-state index in [1.165, 1.54) is 41.1 Å². The van der Waals surface area contributed by atoms with Crippen molar-refractivity contribution in [2.45, 2.75) is 77.4 Å². The van der Waals surface area contributed by atoms with Crippen LogP contribution in [-0.2, 0) is 23.5 Å². The van der Waals surface area contributed by atoms with E-state index in [1.54, 1.807) is 0 Å². The Morgan fingerprint density at radius 2 is 1.38 bits per heavy atom. The Morgan fingerprint density at radius 3 is 1.87 bits per heavy atom. The van der Waals surface area contributed by atoms with Crippen LogP contribution in [0.2, 0.25) is 18.1 Å². The van der Waals surface area contributed by atoms with Gasteiger partial charge in [0.15, 0.2) is 8.32 Å². The lowest BCUT2D eigenvalue weighted by Gasteiger charge is -2.49. The quantitative estimate of drug-likeness (QED) is 0.0595. The lowest BCUT2D eigenvalue weighted by molar-refractivity contribution is -0.385. The highest BCUT2D eigenvalue weighted by molar-refractivity contribution is 6.73. The van der Waals surface area contributed by atoms with Gasteiger partial charge in [0.05, 0.1) is 39.0 Å². The molecule has 294 valence electrons. The third-order valence-electron chi connectivity index (χ3n) is 11.3. The highest BCUT2D eigenvalue weighted by Crippen LogP contribution is 2.49. The number of nitrogens with zero attached hydrogens (tertiary/aromatic N) is 5. The zero-order valence-electron chi connectivity index (χ0n) is 31.6. The number of non-ortho nitro benzene ring substituents is 2. The van der Waals surface area contributed by atoms with Crippen molar-refractivity contribution in [3.8, 4) is 0 Å². The van der Waals surface area contributed by atoms with Crippen molar-refractivity contribution in [3.05, 3.63) is 91.2 Å². The molecule has 2 aromatic carbocycles. The molecule has 0 saturated carbocycles. The number of hydrogen-bond acceptors (Lipinski definition) is 13. The molecule has 3 aliphatic heterocycles. The lowest BCUT2D eigenvalue weighted by Crippen LogP contribution is -2.65. The first kappa shape index (κ1) is 40.8. The maximum atomic E-state index is 13.9. The molecule has 5 rings (SSSR count). The normalized spacial score (nSPS) is 21.4. The number of esters is 3. The topological polar surface area (TPSA) is 209 Å². The smallest absolute Gasteiger partial charge is 0.413 e. The van der Waals surface area contributed by atoms with E-state index in [1.807, 2.05) is 18.7 Å². The molecule has 0 radical (unpaired) electrons. The van der Waals surface area contributed by atoms with Gasteiger partial charge in [-0.3, -0.25) is 29.9 Å². The number of benzene rings is 2. The fourth-order valence-electron chi connectivity index (χ4n) is 7.80. The lowest BCUT2D eigenvalue weighted by atomic mass is 9.77. The maximum Gasteiger partial charge on any atom is 0.417 e. The third-order valence-corrected chi connectivity index (χ3v) is 16.1. The molecule has 18 heteroatoms. The van der Waals surface area contributed by atoms with Gasteiger partial charge in [0.25, 0.3) is 11.4 Å². The highest BCUT2D eigenvalue weighted by Gasteiger charge is 2.61. The molecular weight excluding hydrogens is 735 g/mol. The average molecular weight is 780 g/mol. The van der Waals surface area contributed by atoms with Crippen molar-refractivity contribution in [2.24, 2.45) is 11.8 Å². The Labute approximate surface area is 318 Å². The molecular formula is C37H45N5O12Si. The van der Waals surface area contributed by atoms with Gasteiger partial charge in [-0.2, -0.15) is 0 Å². The number of rotatable bonds is 14. The van der Waals surface area contributed by atoms with E-state index < -0.39 is 60.2 Å². The van der Waals surface area contributed by atoms with Crippen LogP contribution in [0.5, 0.6) is 0 Å². The monoisotopic (exact) mass is 779 g/mol. The highest BCUT2D eigenvalue weighted by atomic mass is 28.4. The number of ether oxygens (including phenoxy) is 2. The molecule has 2 saturated heterocycles. The molecule has 0 bridgehead atoms. The van der Waals surface area contributed by atoms with Gasteiger partial charge in [0, 0.05) is 62.9 Å². The Hall–Kier alpha value is -5.33. The number of likely N-dealkylation sites (tertiary alicyclic amines) is 1. The number of carbonyl (C=O) groups excluding carboxylic acids is 5. The van der Waals surface area contributed by atoms with Crippen molar-refractivity contribution in [1.82, 2.24) is 14.7 Å². The van der Waals surface area contributed by atoms with Crippen LogP contribution >= 0.6 is 0 Å². The van der Waals surface area contributed by atoms with Gasteiger partial charge < -0.3 is 23.7 Å². The summed E-state index contributed by atoms with van der Waals surface area (Å²) in [6, 6.07) is 11.2. The maximum absolute atomic E-state index is 13.9. The number of hydrogen-bond donors (Lipinski definition) is 0. The number of likely N-dealkylation sites (N-methyl/N-ethyl adjacent to an activating group) is 1. The molecule has 3 aliphatic rings. The Kier molecular flexibility index (Phi) is 12.3. The van der Waals surface area contributed by atoms with Crippen molar-refractivity contribution < 1.29 is 47.7 Å². The predicted molar refractivity (Wildman–Crippen MR) is 198 cm³/mol. The van der Waals surface area contributed by atoms with E-state index in [-0.39, 0.29) is 52.6 Å². The predicted octanol–water partition coefficient (Wildman–Crippen LogP) is 5.31. The van der Waals surface area contributed by atoms with Crippen LogP contribution in [-0.4, -0.2) is 108 Å². The van der Waals surface area contributed by atoms with Crippen LogP contribution in [0.1, 0.15) is 61.8 Å². The summed E-state index contributed by atoms with van der Waals surface area (Å²) < 4.78 is 17.1. The molecule has 17 nitrogen and oxygen atoms in total. The molecule has 3 heterocycles. The number of β-lactam (4-membered cyclic amide) rings is 1. The molecule has 5 atom stereocenters. The van der Waals surface area contributed by atoms with Crippen molar-refractivity contribution in [3.63, 3.8) is 0 Å². The summed E-state index contributed by atoms with van der Waals surface area (Å²) in [7, 11) is -0.608. The van der Waals surface area contributed by atoms with Gasteiger partial charge in [0.2, 0.25) is 5.91 Å². The minimum absolute atomic E-state index is 0.0293. The molecule has 0 aliphatic carbocycles. The summed E-state index contributed by atoms with van der Waals surface area (Å²) in [4.78, 5) is 91.9. The summed E-state index contributed by atoms with van der Waals surface area (Å²) in [5.74, 6) is -4.17. The summed E-state index contributed by atoms with van der Waals surface area (Å²) in [5.41, 5.74) is -0.0174. The van der Waals surface area contributed by atoms with Gasteiger partial charge >= 0.3 is 24.0 Å². The number of carbonyl (C=O) groups is 5. The first-order valence-corrected chi connectivity index (χ1v) is 20.8. The van der Waals surface area contributed by atoms with Crippen LogP contribution in [0.15, 0.2) is 59.8 Å². The third kappa shape index (κ3) is 8.20. The molecule has 2 fully saturated rings. The number of amides is 2. The first-order valence-electron chi connectivity index (χ1n) is 18.3. The molecule has 2 aromatic rings. The molecule has 0 N–H and O–H groups in total. The summed E-state index contributed by atoms with van der Waals surface area (Å²) >= 11 is 0. The van der Waals surface area contributed by atoms with Gasteiger partial charge in [0.1, 0.15) is 5.70 Å². The molecule has 0 unspecified atom stereocenters. The second-order valence-electron chi connectivity index (χ2n) is 14.2. The average Bonchev–Trinajstić information content (AvgIpc) is 3.74. The van der Waals surface area contributed by atoms with E-state index in [4.69, 9.17) is 13.9 Å². The van der Waals surface area contributed by atoms with Crippen molar-refractivity contribution in [2.75, 3.05) is 26.7 Å². The van der Waals surface area contributed by atoms with E-state index >= 15 is 0 Å². The zero-order valence-corrected chi connectivity index (χ0v) is 32.6. The van der Waals surface area contributed by atoms with E-state index in [0.717, 1.165) is 42.4 Å². The summed E-state index contributed by atoms with van der Waals surface area (Å²) in [6.07, 6.45) is -0.824. The van der Waals surface area contributed by atoms with Crippen LogP contribution in [0.25, 0.3) is 0 Å². The van der Waals surface area contributed by atoms with Crippen LogP contribution in [0.4, 0.5) is 16.2 Å². The molecule has 2 amide bonds. The minimum Gasteiger partial charge on any atom is -0.413 e. The van der Waals surface area contributed by atoms with Crippen molar-refractivity contribution in [1.29, 1.82) is 0 Å². The largest absolute Gasteiger partial charge is 0.417 e. The second kappa shape index (κ2) is 16.6.